The molecule has 4 rings (SSSR count). The van der Waals surface area contributed by atoms with Gasteiger partial charge in [0, 0.05) is 25.8 Å². The number of amides is 1. The maximum Gasteiger partial charge on any atom is 0.414 e. The van der Waals surface area contributed by atoms with E-state index in [1.807, 2.05) is 27.0 Å². The molecule has 1 fully saturated rings. The number of carboxylic acids is 2. The number of carboxylic acid groups (broad SMARTS) is 2. The number of aromatic nitrogens is 2. The Morgan fingerprint density at radius 1 is 1.10 bits per heavy atom. The van der Waals surface area contributed by atoms with Crippen molar-refractivity contribution in [1.29, 1.82) is 0 Å². The minimum absolute atomic E-state index is 0.201. The van der Waals surface area contributed by atoms with Crippen molar-refractivity contribution in [3.8, 4) is 11.8 Å². The lowest BCUT2D eigenvalue weighted by molar-refractivity contribution is -0.159. The number of hydrogen-bond donors (Lipinski definition) is 3. The van der Waals surface area contributed by atoms with E-state index in [-0.39, 0.29) is 18.8 Å². The molecule has 1 amide bonds. The molecule has 0 saturated carbocycles. The number of fused-ring (bicyclic) bond motifs is 2. The lowest BCUT2D eigenvalue weighted by atomic mass is 10.00. The zero-order chi connectivity index (χ0) is 28.6. The van der Waals surface area contributed by atoms with Crippen molar-refractivity contribution in [2.75, 3.05) is 26.7 Å². The Morgan fingerprint density at radius 3 is 2.41 bits per heavy atom. The summed E-state index contributed by atoms with van der Waals surface area (Å²) in [4.78, 5) is 37.2. The van der Waals surface area contributed by atoms with Crippen LogP contribution in [0.3, 0.4) is 0 Å². The number of rotatable bonds is 3. The van der Waals surface area contributed by atoms with Gasteiger partial charge in [-0.05, 0) is 64.1 Å². The first-order valence-electron chi connectivity index (χ1n) is 12.8. The summed E-state index contributed by atoms with van der Waals surface area (Å²) in [7, 11) is 2.16. The number of likely N-dealkylation sites (tertiary alicyclic amines) is 1. The molecular weight excluding hydrogens is 504 g/mol. The Balaban J connectivity index is 0.000000631. The van der Waals surface area contributed by atoms with E-state index in [1.54, 1.807) is 0 Å². The van der Waals surface area contributed by atoms with Crippen LogP contribution in [0.2, 0.25) is 0 Å². The summed E-state index contributed by atoms with van der Waals surface area (Å²) in [6.45, 7) is 8.64. The number of aliphatic carboxylic acids is 2. The van der Waals surface area contributed by atoms with Crippen LogP contribution in [-0.4, -0.2) is 81.1 Å². The fourth-order valence-corrected chi connectivity index (χ4v) is 4.29. The average Bonchev–Trinajstić information content (AvgIpc) is 3.21. The molecule has 0 aliphatic carbocycles. The van der Waals surface area contributed by atoms with Crippen LogP contribution in [0.25, 0.3) is 0 Å². The summed E-state index contributed by atoms with van der Waals surface area (Å²) in [6.07, 6.45) is 4.52. The van der Waals surface area contributed by atoms with Crippen LogP contribution in [0.15, 0.2) is 30.5 Å². The van der Waals surface area contributed by atoms with E-state index in [0.29, 0.717) is 5.69 Å². The molecule has 1 unspecified atom stereocenters. The predicted molar refractivity (Wildman–Crippen MR) is 142 cm³/mol. The zero-order valence-corrected chi connectivity index (χ0v) is 22.8. The number of nitrogens with zero attached hydrogens (tertiary/aromatic N) is 3. The van der Waals surface area contributed by atoms with Gasteiger partial charge in [0.15, 0.2) is 0 Å². The largest absolute Gasteiger partial charge is 0.473 e. The third-order valence-corrected chi connectivity index (χ3v) is 6.12. The van der Waals surface area contributed by atoms with Gasteiger partial charge in [0.1, 0.15) is 23.2 Å². The van der Waals surface area contributed by atoms with Crippen molar-refractivity contribution in [3.05, 3.63) is 53.1 Å². The van der Waals surface area contributed by atoms with Crippen molar-refractivity contribution in [2.45, 2.75) is 64.4 Å². The van der Waals surface area contributed by atoms with Crippen molar-refractivity contribution in [3.63, 3.8) is 0 Å². The number of hydrogen-bond acceptors (Lipinski definition) is 7. The number of aryl methyl sites for hydroxylation is 2. The second-order valence-electron chi connectivity index (χ2n) is 10.4. The molecule has 11 heteroatoms. The third-order valence-electron chi connectivity index (χ3n) is 6.12. The van der Waals surface area contributed by atoms with Gasteiger partial charge in [0.2, 0.25) is 0 Å². The van der Waals surface area contributed by atoms with Crippen LogP contribution in [0.4, 0.5) is 4.79 Å². The molecule has 1 aromatic carbocycles. The first-order valence-corrected chi connectivity index (χ1v) is 12.8. The van der Waals surface area contributed by atoms with Crippen LogP contribution < -0.4 is 5.32 Å². The number of benzene rings is 1. The van der Waals surface area contributed by atoms with E-state index < -0.39 is 23.6 Å². The summed E-state index contributed by atoms with van der Waals surface area (Å²) >= 11 is 0. The first kappa shape index (κ1) is 29.7. The molecule has 3 N–H and O–H groups in total. The Kier molecular flexibility index (Phi) is 10.1. The number of imidazole rings is 1. The van der Waals surface area contributed by atoms with Crippen molar-refractivity contribution >= 4 is 18.0 Å². The van der Waals surface area contributed by atoms with Gasteiger partial charge in [-0.15, -0.1) is 0 Å². The van der Waals surface area contributed by atoms with Crippen molar-refractivity contribution in [2.24, 2.45) is 0 Å². The zero-order valence-electron chi connectivity index (χ0n) is 22.8. The van der Waals surface area contributed by atoms with Crippen LogP contribution >= 0.6 is 0 Å². The van der Waals surface area contributed by atoms with Gasteiger partial charge >= 0.3 is 18.0 Å². The van der Waals surface area contributed by atoms with E-state index in [9.17, 15) is 4.79 Å². The number of nitrogens with one attached hydrogen (secondary N) is 1. The second-order valence-corrected chi connectivity index (χ2v) is 10.4. The summed E-state index contributed by atoms with van der Waals surface area (Å²) in [6, 6.07) is 8.52. The summed E-state index contributed by atoms with van der Waals surface area (Å²) in [5.74, 6) is 3.32. The molecule has 1 atom stereocenters. The topological polar surface area (TPSA) is 143 Å². The maximum absolute atomic E-state index is 11.8. The van der Waals surface area contributed by atoms with Gasteiger partial charge in [0.25, 0.3) is 0 Å². The lowest BCUT2D eigenvalue weighted by Crippen LogP contribution is -2.35. The predicted octanol–water partition coefficient (Wildman–Crippen LogP) is 2.67. The van der Waals surface area contributed by atoms with Crippen LogP contribution in [-0.2, 0) is 32.0 Å². The summed E-state index contributed by atoms with van der Waals surface area (Å²) in [5, 5.41) is 17.4. The smallest absolute Gasteiger partial charge is 0.414 e. The lowest BCUT2D eigenvalue weighted by Gasteiger charge is -2.32. The molecule has 2 aliphatic heterocycles. The molecule has 1 aromatic heterocycles. The number of carbonyl (C=O) groups excluding carboxylic acids is 1. The van der Waals surface area contributed by atoms with E-state index in [0.717, 1.165) is 44.7 Å². The van der Waals surface area contributed by atoms with E-state index in [2.05, 4.69) is 57.9 Å². The standard InChI is InChI=1S/C26H34N4O3.C2H2O4/c1-26(2,3)33-25(31)27-14-7-9-20-18-30-17-11-19-8-5-6-10-22(19)23(24(30)28-20)32-21-12-15-29(4)16-13-21;3-1(4)2(5)6/h5-6,8,10,18,21,23H,11-17H2,1-4H3,(H,27,31);(H,3,4)(H,5,6). The molecule has 0 bridgehead atoms. The van der Waals surface area contributed by atoms with Gasteiger partial charge in [0.05, 0.1) is 12.6 Å². The fraction of sp³-hybridized carbons (Fsp3) is 0.500. The molecular formula is C28H36N4O7. The van der Waals surface area contributed by atoms with Gasteiger partial charge < -0.3 is 34.5 Å². The number of piperidine rings is 1. The molecule has 2 aliphatic rings. The quantitative estimate of drug-likeness (QED) is 0.395. The highest BCUT2D eigenvalue weighted by Crippen LogP contribution is 2.34. The fourth-order valence-electron chi connectivity index (χ4n) is 4.29. The number of ether oxygens (including phenoxy) is 2. The number of carbonyl (C=O) groups is 3. The highest BCUT2D eigenvalue weighted by atomic mass is 16.6. The third kappa shape index (κ3) is 9.12. The minimum atomic E-state index is -1.82. The summed E-state index contributed by atoms with van der Waals surface area (Å²) < 4.78 is 14.1. The molecule has 11 nitrogen and oxygen atoms in total. The average molecular weight is 541 g/mol. The van der Waals surface area contributed by atoms with Gasteiger partial charge in [-0.2, -0.15) is 0 Å². The van der Waals surface area contributed by atoms with Crippen LogP contribution in [0.5, 0.6) is 0 Å². The molecule has 0 radical (unpaired) electrons. The highest BCUT2D eigenvalue weighted by Gasteiger charge is 2.30. The normalized spacial score (nSPS) is 17.2. The Hall–Kier alpha value is -3.88. The Labute approximate surface area is 228 Å². The van der Waals surface area contributed by atoms with Crippen LogP contribution in [0.1, 0.15) is 62.4 Å². The monoisotopic (exact) mass is 540 g/mol. The van der Waals surface area contributed by atoms with E-state index >= 15 is 0 Å². The molecule has 2 aromatic rings. The Bertz CT molecular complexity index is 1220. The Morgan fingerprint density at radius 2 is 1.77 bits per heavy atom. The maximum atomic E-state index is 11.8. The van der Waals surface area contributed by atoms with Gasteiger partial charge in [-0.3, -0.25) is 0 Å². The molecule has 3 heterocycles. The minimum Gasteiger partial charge on any atom is -0.473 e. The molecule has 39 heavy (non-hydrogen) atoms. The van der Waals surface area contributed by atoms with Crippen molar-refractivity contribution in [1.82, 2.24) is 19.8 Å². The first-order chi connectivity index (χ1) is 18.4. The van der Waals surface area contributed by atoms with Gasteiger partial charge in [-0.25, -0.2) is 19.4 Å². The van der Waals surface area contributed by atoms with E-state index in [4.69, 9.17) is 34.3 Å². The van der Waals surface area contributed by atoms with Crippen LogP contribution in [0, 0.1) is 11.8 Å². The SMILES string of the molecule is CN1CCC(OC2c3ccccc3CCn3cc(C#CCNC(=O)OC(C)(C)C)nc32)CC1.O=C(O)C(=O)O. The van der Waals surface area contributed by atoms with E-state index in [1.165, 1.54) is 11.1 Å². The summed E-state index contributed by atoms with van der Waals surface area (Å²) in [5.41, 5.74) is 2.67. The molecule has 210 valence electrons. The van der Waals surface area contributed by atoms with Crippen molar-refractivity contribution < 1.29 is 34.1 Å². The highest BCUT2D eigenvalue weighted by molar-refractivity contribution is 6.27. The number of alkyl carbamates (subject to hydrolysis) is 1. The molecule has 0 spiro atoms. The molecule has 1 saturated heterocycles. The second kappa shape index (κ2) is 13.3. The van der Waals surface area contributed by atoms with Gasteiger partial charge in [-0.1, -0.05) is 30.2 Å².